The van der Waals surface area contributed by atoms with Gasteiger partial charge in [-0.25, -0.2) is 0 Å². The van der Waals surface area contributed by atoms with Crippen molar-refractivity contribution in [3.63, 3.8) is 0 Å². The number of likely N-dealkylation sites (N-methyl/N-ethyl adjacent to an activating group) is 1. The molecule has 0 aromatic heterocycles. The van der Waals surface area contributed by atoms with Gasteiger partial charge in [0, 0.05) is 6.04 Å². The lowest BCUT2D eigenvalue weighted by Gasteiger charge is -2.15. The molecule has 1 heteroatoms. The fourth-order valence-electron chi connectivity index (χ4n) is 2.19. The highest BCUT2D eigenvalue weighted by atomic mass is 14.9. The van der Waals surface area contributed by atoms with E-state index in [4.69, 9.17) is 0 Å². The Kier molecular flexibility index (Phi) is 3.58. The molecular weight excluding hydrogens is 194 g/mol. The molecular formula is C15H19N. The Morgan fingerprint density at radius 1 is 1.06 bits per heavy atom. The molecule has 0 aliphatic heterocycles. The van der Waals surface area contributed by atoms with Crippen molar-refractivity contribution in [3.8, 4) is 0 Å². The third kappa shape index (κ3) is 2.25. The Morgan fingerprint density at radius 3 is 2.56 bits per heavy atom. The largest absolute Gasteiger partial charge is 0.317 e. The maximum absolute atomic E-state index is 3.36. The SMILES string of the molecule is CCC(Cc1cccc2ccccc12)NC. The van der Waals surface area contributed by atoms with Gasteiger partial charge in [-0.15, -0.1) is 0 Å². The van der Waals surface area contributed by atoms with Gasteiger partial charge in [-0.2, -0.15) is 0 Å². The Labute approximate surface area is 97.5 Å². The second-order valence-corrected chi connectivity index (χ2v) is 4.24. The van der Waals surface area contributed by atoms with Gasteiger partial charge in [0.05, 0.1) is 0 Å². The second-order valence-electron chi connectivity index (χ2n) is 4.24. The van der Waals surface area contributed by atoms with Crippen molar-refractivity contribution in [1.29, 1.82) is 0 Å². The first-order valence-electron chi connectivity index (χ1n) is 5.99. The molecule has 0 saturated carbocycles. The quantitative estimate of drug-likeness (QED) is 0.821. The smallest absolute Gasteiger partial charge is 0.0102 e. The van der Waals surface area contributed by atoms with Crippen LogP contribution in [0.1, 0.15) is 18.9 Å². The number of nitrogens with one attached hydrogen (secondary N) is 1. The van der Waals surface area contributed by atoms with Gasteiger partial charge in [0.2, 0.25) is 0 Å². The predicted octanol–water partition coefficient (Wildman–Crippen LogP) is 3.38. The van der Waals surface area contributed by atoms with Crippen molar-refractivity contribution >= 4 is 10.8 Å². The fraction of sp³-hybridized carbons (Fsp3) is 0.333. The van der Waals surface area contributed by atoms with E-state index in [1.807, 2.05) is 7.05 Å². The summed E-state index contributed by atoms with van der Waals surface area (Å²) in [6.45, 7) is 2.23. The summed E-state index contributed by atoms with van der Waals surface area (Å²) in [5, 5.41) is 6.09. The number of hydrogen-bond donors (Lipinski definition) is 1. The molecule has 2 rings (SSSR count). The second kappa shape index (κ2) is 5.13. The van der Waals surface area contributed by atoms with E-state index in [1.54, 1.807) is 0 Å². The van der Waals surface area contributed by atoms with Crippen molar-refractivity contribution in [2.24, 2.45) is 0 Å². The standard InChI is InChI=1S/C15H19N/c1-3-14(16-2)11-13-9-6-8-12-7-4-5-10-15(12)13/h4-10,14,16H,3,11H2,1-2H3. The molecule has 0 amide bonds. The summed E-state index contributed by atoms with van der Waals surface area (Å²) in [5.74, 6) is 0. The van der Waals surface area contributed by atoms with Gasteiger partial charge in [-0.1, -0.05) is 49.4 Å². The molecule has 1 nitrogen and oxygen atoms in total. The van der Waals surface area contributed by atoms with Gasteiger partial charge in [0.1, 0.15) is 0 Å². The minimum atomic E-state index is 0.575. The summed E-state index contributed by atoms with van der Waals surface area (Å²) in [5.41, 5.74) is 1.44. The monoisotopic (exact) mass is 213 g/mol. The summed E-state index contributed by atoms with van der Waals surface area (Å²) in [6.07, 6.45) is 2.27. The third-order valence-electron chi connectivity index (χ3n) is 3.25. The molecule has 0 fully saturated rings. The van der Waals surface area contributed by atoms with Crippen LogP contribution in [0.25, 0.3) is 10.8 Å². The lowest BCUT2D eigenvalue weighted by Crippen LogP contribution is -2.26. The first-order valence-corrected chi connectivity index (χ1v) is 5.99. The Bertz CT molecular complexity index is 452. The van der Waals surface area contributed by atoms with Gasteiger partial charge in [-0.05, 0) is 36.2 Å². The van der Waals surface area contributed by atoms with Gasteiger partial charge in [0.25, 0.3) is 0 Å². The average molecular weight is 213 g/mol. The summed E-state index contributed by atoms with van der Waals surface area (Å²) in [4.78, 5) is 0. The third-order valence-corrected chi connectivity index (χ3v) is 3.25. The van der Waals surface area contributed by atoms with Gasteiger partial charge in [-0.3, -0.25) is 0 Å². The fourth-order valence-corrected chi connectivity index (χ4v) is 2.19. The maximum atomic E-state index is 3.36. The Hall–Kier alpha value is -1.34. The van der Waals surface area contributed by atoms with Crippen LogP contribution < -0.4 is 5.32 Å². The molecule has 0 aliphatic rings. The average Bonchev–Trinajstić information content (AvgIpc) is 2.36. The number of benzene rings is 2. The van der Waals surface area contributed by atoms with Crippen LogP contribution in [0.4, 0.5) is 0 Å². The van der Waals surface area contributed by atoms with Crippen molar-refractivity contribution in [1.82, 2.24) is 5.32 Å². The highest BCUT2D eigenvalue weighted by molar-refractivity contribution is 5.85. The number of fused-ring (bicyclic) bond motifs is 1. The zero-order chi connectivity index (χ0) is 11.4. The van der Waals surface area contributed by atoms with Crippen LogP contribution in [0, 0.1) is 0 Å². The normalized spacial score (nSPS) is 12.9. The van der Waals surface area contributed by atoms with Crippen LogP contribution in [-0.4, -0.2) is 13.1 Å². The number of rotatable bonds is 4. The molecule has 84 valence electrons. The van der Waals surface area contributed by atoms with E-state index < -0.39 is 0 Å². The van der Waals surface area contributed by atoms with E-state index in [1.165, 1.54) is 22.8 Å². The van der Waals surface area contributed by atoms with Gasteiger partial charge in [0.15, 0.2) is 0 Å². The molecule has 0 aliphatic carbocycles. The van der Waals surface area contributed by atoms with E-state index in [0.29, 0.717) is 6.04 Å². The highest BCUT2D eigenvalue weighted by Crippen LogP contribution is 2.20. The molecule has 0 spiro atoms. The maximum Gasteiger partial charge on any atom is 0.0102 e. The summed E-state index contributed by atoms with van der Waals surface area (Å²) in [7, 11) is 2.04. The lowest BCUT2D eigenvalue weighted by atomic mass is 9.98. The van der Waals surface area contributed by atoms with Crippen LogP contribution >= 0.6 is 0 Å². The van der Waals surface area contributed by atoms with E-state index in [9.17, 15) is 0 Å². The molecule has 1 unspecified atom stereocenters. The van der Waals surface area contributed by atoms with E-state index >= 15 is 0 Å². The van der Waals surface area contributed by atoms with E-state index in [-0.39, 0.29) is 0 Å². The van der Waals surface area contributed by atoms with Crippen molar-refractivity contribution in [3.05, 3.63) is 48.0 Å². The molecule has 16 heavy (non-hydrogen) atoms. The van der Waals surface area contributed by atoms with Crippen molar-refractivity contribution in [2.45, 2.75) is 25.8 Å². The first kappa shape index (κ1) is 11.2. The minimum absolute atomic E-state index is 0.575. The molecule has 0 saturated heterocycles. The van der Waals surface area contributed by atoms with Crippen LogP contribution in [0.2, 0.25) is 0 Å². The predicted molar refractivity (Wildman–Crippen MR) is 70.8 cm³/mol. The zero-order valence-electron chi connectivity index (χ0n) is 10.0. The van der Waals surface area contributed by atoms with E-state index in [0.717, 1.165) is 6.42 Å². The molecule has 0 bridgehead atoms. The minimum Gasteiger partial charge on any atom is -0.317 e. The topological polar surface area (TPSA) is 12.0 Å². The highest BCUT2D eigenvalue weighted by Gasteiger charge is 2.06. The Balaban J connectivity index is 2.36. The molecule has 1 atom stereocenters. The van der Waals surface area contributed by atoms with Crippen LogP contribution in [0.3, 0.4) is 0 Å². The van der Waals surface area contributed by atoms with Crippen molar-refractivity contribution < 1.29 is 0 Å². The number of hydrogen-bond acceptors (Lipinski definition) is 1. The van der Waals surface area contributed by atoms with Crippen LogP contribution in [0.5, 0.6) is 0 Å². The molecule has 2 aromatic rings. The lowest BCUT2D eigenvalue weighted by molar-refractivity contribution is 0.545. The van der Waals surface area contributed by atoms with Crippen molar-refractivity contribution in [2.75, 3.05) is 7.05 Å². The summed E-state index contributed by atoms with van der Waals surface area (Å²) in [6, 6.07) is 15.8. The first-order chi connectivity index (χ1) is 7.85. The molecule has 0 heterocycles. The molecule has 0 radical (unpaired) electrons. The summed E-state index contributed by atoms with van der Waals surface area (Å²) < 4.78 is 0. The molecule has 1 N–H and O–H groups in total. The molecule has 2 aromatic carbocycles. The van der Waals surface area contributed by atoms with E-state index in [2.05, 4.69) is 54.7 Å². The van der Waals surface area contributed by atoms with Crippen LogP contribution in [-0.2, 0) is 6.42 Å². The summed E-state index contributed by atoms with van der Waals surface area (Å²) >= 11 is 0. The zero-order valence-corrected chi connectivity index (χ0v) is 10.0. The van der Waals surface area contributed by atoms with Gasteiger partial charge < -0.3 is 5.32 Å². The van der Waals surface area contributed by atoms with Crippen LogP contribution in [0.15, 0.2) is 42.5 Å². The Morgan fingerprint density at radius 2 is 1.81 bits per heavy atom. The van der Waals surface area contributed by atoms with Gasteiger partial charge >= 0.3 is 0 Å².